The third-order valence-electron chi connectivity index (χ3n) is 3.66. The van der Waals surface area contributed by atoms with Crippen LogP contribution < -0.4 is 5.32 Å². The number of nitrogens with one attached hydrogen (secondary N) is 1. The van der Waals surface area contributed by atoms with Crippen molar-refractivity contribution >= 4 is 29.9 Å². The van der Waals surface area contributed by atoms with Crippen molar-refractivity contribution in [1.82, 2.24) is 10.2 Å². The van der Waals surface area contributed by atoms with Gasteiger partial charge in [0.1, 0.15) is 5.82 Å². The summed E-state index contributed by atoms with van der Waals surface area (Å²) in [5, 5.41) is 3.35. The lowest BCUT2D eigenvalue weighted by Crippen LogP contribution is -2.38. The summed E-state index contributed by atoms with van der Waals surface area (Å²) < 4.78 is 18.1. The minimum atomic E-state index is -0.222. The van der Waals surface area contributed by atoms with E-state index >= 15 is 0 Å². The number of hydrogen-bond acceptors (Lipinski definition) is 2. The molecule has 0 radical (unpaired) electrons. The molecular formula is C19H25FIN3O. The van der Waals surface area contributed by atoms with Crippen LogP contribution in [0.1, 0.15) is 16.7 Å². The summed E-state index contributed by atoms with van der Waals surface area (Å²) >= 11 is 0. The molecule has 25 heavy (non-hydrogen) atoms. The molecule has 0 amide bonds. The second kappa shape index (κ2) is 11.0. The van der Waals surface area contributed by atoms with Gasteiger partial charge in [0.15, 0.2) is 5.96 Å². The average Bonchev–Trinajstić information content (AvgIpc) is 2.58. The van der Waals surface area contributed by atoms with Crippen molar-refractivity contribution in [2.75, 3.05) is 21.2 Å². The van der Waals surface area contributed by atoms with E-state index < -0.39 is 0 Å². The van der Waals surface area contributed by atoms with Gasteiger partial charge in [-0.15, -0.1) is 24.0 Å². The summed E-state index contributed by atoms with van der Waals surface area (Å²) in [6.45, 7) is 1.94. The molecule has 136 valence electrons. The number of benzene rings is 2. The smallest absolute Gasteiger partial charge is 0.193 e. The maximum atomic E-state index is 13.0. The fourth-order valence-electron chi connectivity index (χ4n) is 2.50. The molecule has 2 rings (SSSR count). The van der Waals surface area contributed by atoms with Crippen molar-refractivity contribution < 1.29 is 9.13 Å². The number of nitrogens with zero attached hydrogens (tertiary/aromatic N) is 2. The molecular weight excluding hydrogens is 432 g/mol. The van der Waals surface area contributed by atoms with Crippen molar-refractivity contribution in [1.29, 1.82) is 0 Å². The fraction of sp³-hybridized carbons (Fsp3) is 0.316. The third kappa shape index (κ3) is 6.99. The Kier molecular flexibility index (Phi) is 9.44. The van der Waals surface area contributed by atoms with Crippen LogP contribution in [0.15, 0.2) is 53.5 Å². The highest BCUT2D eigenvalue weighted by Crippen LogP contribution is 2.08. The lowest BCUT2D eigenvalue weighted by molar-refractivity contribution is 0.185. The van der Waals surface area contributed by atoms with Crippen molar-refractivity contribution in [3.05, 3.63) is 71.0 Å². The molecule has 0 unspecified atom stereocenters. The first-order valence-corrected chi connectivity index (χ1v) is 7.85. The summed E-state index contributed by atoms with van der Waals surface area (Å²) in [6.07, 6.45) is 0. The Morgan fingerprint density at radius 1 is 1.12 bits per heavy atom. The normalized spacial score (nSPS) is 11.0. The topological polar surface area (TPSA) is 36.9 Å². The van der Waals surface area contributed by atoms with Crippen molar-refractivity contribution in [2.45, 2.75) is 19.7 Å². The molecule has 2 aromatic rings. The molecule has 0 fully saturated rings. The van der Waals surface area contributed by atoms with Gasteiger partial charge < -0.3 is 15.0 Å². The predicted molar refractivity (Wildman–Crippen MR) is 111 cm³/mol. The van der Waals surface area contributed by atoms with Crippen LogP contribution in [-0.4, -0.2) is 32.1 Å². The fourth-order valence-corrected chi connectivity index (χ4v) is 2.50. The van der Waals surface area contributed by atoms with Gasteiger partial charge in [-0.1, -0.05) is 36.4 Å². The Hall–Kier alpha value is -1.67. The standard InChI is InChI=1S/C19H24FN3O.HI/c1-21-19(23(2)13-15-7-9-18(20)10-8-15)22-12-16-5-4-6-17(11-16)14-24-3;/h4-11H,12-14H2,1-3H3,(H,21,22);1H. The molecule has 0 aliphatic heterocycles. The van der Waals surface area contributed by atoms with Crippen molar-refractivity contribution in [3.8, 4) is 0 Å². The Balaban J connectivity index is 0.00000312. The highest BCUT2D eigenvalue weighted by atomic mass is 127. The summed E-state index contributed by atoms with van der Waals surface area (Å²) in [7, 11) is 5.40. The van der Waals surface area contributed by atoms with E-state index in [2.05, 4.69) is 22.4 Å². The van der Waals surface area contributed by atoms with Crippen LogP contribution in [0.2, 0.25) is 0 Å². The Labute approximate surface area is 166 Å². The highest BCUT2D eigenvalue weighted by Gasteiger charge is 2.07. The van der Waals surface area contributed by atoms with E-state index in [1.165, 1.54) is 17.7 Å². The minimum absolute atomic E-state index is 0. The van der Waals surface area contributed by atoms with Gasteiger partial charge in [-0.2, -0.15) is 0 Å². The molecule has 0 aliphatic rings. The van der Waals surface area contributed by atoms with Crippen molar-refractivity contribution in [2.24, 2.45) is 4.99 Å². The number of aliphatic imine (C=N–C) groups is 1. The van der Waals surface area contributed by atoms with Gasteiger partial charge in [0.05, 0.1) is 6.61 Å². The zero-order valence-electron chi connectivity index (χ0n) is 14.8. The molecule has 6 heteroatoms. The summed E-state index contributed by atoms with van der Waals surface area (Å²) in [4.78, 5) is 6.31. The monoisotopic (exact) mass is 457 g/mol. The van der Waals surface area contributed by atoms with E-state index in [9.17, 15) is 4.39 Å². The van der Waals surface area contributed by atoms with Crippen LogP contribution in [0.4, 0.5) is 4.39 Å². The number of methoxy groups -OCH3 is 1. The van der Waals surface area contributed by atoms with Crippen LogP contribution in [-0.2, 0) is 24.4 Å². The van der Waals surface area contributed by atoms with Gasteiger partial charge >= 0.3 is 0 Å². The van der Waals surface area contributed by atoms with E-state index in [-0.39, 0.29) is 29.8 Å². The summed E-state index contributed by atoms with van der Waals surface area (Å²) in [6, 6.07) is 14.8. The van der Waals surface area contributed by atoms with Gasteiger partial charge in [-0.05, 0) is 28.8 Å². The molecule has 0 aliphatic carbocycles. The van der Waals surface area contributed by atoms with Gasteiger partial charge in [0.25, 0.3) is 0 Å². The molecule has 0 saturated carbocycles. The molecule has 4 nitrogen and oxygen atoms in total. The Bertz CT molecular complexity index is 677. The molecule has 0 saturated heterocycles. The Morgan fingerprint density at radius 3 is 2.44 bits per heavy atom. The predicted octanol–water partition coefficient (Wildman–Crippen LogP) is 3.80. The van der Waals surface area contributed by atoms with Gasteiger partial charge in [-0.25, -0.2) is 4.39 Å². The summed E-state index contributed by atoms with van der Waals surface area (Å²) in [5.41, 5.74) is 3.34. The van der Waals surface area contributed by atoms with Crippen molar-refractivity contribution in [3.63, 3.8) is 0 Å². The largest absolute Gasteiger partial charge is 0.380 e. The number of ether oxygens (including phenoxy) is 1. The molecule has 0 aromatic heterocycles. The third-order valence-corrected chi connectivity index (χ3v) is 3.66. The summed E-state index contributed by atoms with van der Waals surface area (Å²) in [5.74, 6) is 0.566. The van der Waals surface area contributed by atoms with Crippen LogP contribution in [0.3, 0.4) is 0 Å². The van der Waals surface area contributed by atoms with E-state index in [1.807, 2.05) is 24.1 Å². The average molecular weight is 457 g/mol. The molecule has 0 atom stereocenters. The quantitative estimate of drug-likeness (QED) is 0.408. The molecule has 0 bridgehead atoms. The molecule has 0 spiro atoms. The van der Waals surface area contributed by atoms with Crippen LogP contribution >= 0.6 is 24.0 Å². The van der Waals surface area contributed by atoms with Gasteiger partial charge in [-0.3, -0.25) is 4.99 Å². The maximum absolute atomic E-state index is 13.0. The van der Waals surface area contributed by atoms with E-state index in [4.69, 9.17) is 4.74 Å². The van der Waals surface area contributed by atoms with Gasteiger partial charge in [0, 0.05) is 34.3 Å². The minimum Gasteiger partial charge on any atom is -0.380 e. The number of rotatable bonds is 6. The first-order chi connectivity index (χ1) is 11.6. The Morgan fingerprint density at radius 2 is 1.80 bits per heavy atom. The number of hydrogen-bond donors (Lipinski definition) is 1. The first kappa shape index (κ1) is 21.4. The zero-order chi connectivity index (χ0) is 17.4. The van der Waals surface area contributed by atoms with Crippen LogP contribution in [0.5, 0.6) is 0 Å². The molecule has 0 heterocycles. The molecule has 2 aromatic carbocycles. The zero-order valence-corrected chi connectivity index (χ0v) is 17.2. The maximum Gasteiger partial charge on any atom is 0.193 e. The highest BCUT2D eigenvalue weighted by molar-refractivity contribution is 14.0. The van der Waals surface area contributed by atoms with Gasteiger partial charge in [0.2, 0.25) is 0 Å². The van der Waals surface area contributed by atoms with E-state index in [0.29, 0.717) is 19.7 Å². The number of guanidine groups is 1. The van der Waals surface area contributed by atoms with E-state index in [1.54, 1.807) is 26.3 Å². The lowest BCUT2D eigenvalue weighted by Gasteiger charge is -2.22. The number of halogens is 2. The van der Waals surface area contributed by atoms with Crippen LogP contribution in [0.25, 0.3) is 0 Å². The lowest BCUT2D eigenvalue weighted by atomic mass is 10.1. The second-order valence-corrected chi connectivity index (χ2v) is 5.64. The first-order valence-electron chi connectivity index (χ1n) is 7.85. The van der Waals surface area contributed by atoms with Crippen LogP contribution in [0, 0.1) is 5.82 Å². The SMILES string of the molecule is CN=C(NCc1cccc(COC)c1)N(C)Cc1ccc(F)cc1.I. The second-order valence-electron chi connectivity index (χ2n) is 5.64. The van der Waals surface area contributed by atoms with E-state index in [0.717, 1.165) is 17.1 Å². The molecule has 1 N–H and O–H groups in total.